The minimum Gasteiger partial charge on any atom is -0.504 e. The molecule has 2 aromatic rings. The zero-order valence-corrected chi connectivity index (χ0v) is 23.0. The molecule has 3 rings (SSSR count). The molecule has 1 aliphatic carbocycles. The highest BCUT2D eigenvalue weighted by Gasteiger charge is 2.56. The average molecular weight is 617 g/mol. The van der Waals surface area contributed by atoms with E-state index >= 15 is 0 Å². The van der Waals surface area contributed by atoms with Gasteiger partial charge in [0.05, 0.1) is 7.11 Å². The smallest absolute Gasteiger partial charge is 0.348 e. The number of phenolic OH excluding ortho intramolecular Hbond substituents is 3. The largest absolute Gasteiger partial charge is 0.504 e. The molecular weight excluding hydrogens is 588 g/mol. The molecule has 0 unspecified atom stereocenters. The van der Waals surface area contributed by atoms with Crippen molar-refractivity contribution in [3.8, 4) is 23.0 Å². The normalized spacial score (nSPS) is 21.5. The lowest BCUT2D eigenvalue weighted by Gasteiger charge is -2.42. The molecule has 0 aliphatic heterocycles. The molecule has 2 aromatic carbocycles. The summed E-state index contributed by atoms with van der Waals surface area (Å²) < 4.78 is 20.5. The number of carboxylic acid groups (broad SMARTS) is 2. The molecular formula is C29H28O15. The van der Waals surface area contributed by atoms with Gasteiger partial charge < -0.3 is 49.6 Å². The number of hydrogen-bond acceptors (Lipinski definition) is 13. The van der Waals surface area contributed by atoms with E-state index in [0.29, 0.717) is 5.56 Å². The lowest BCUT2D eigenvalue weighted by molar-refractivity contribution is -0.214. The maximum atomic E-state index is 12.6. The van der Waals surface area contributed by atoms with Crippen LogP contribution in [-0.2, 0) is 38.2 Å². The Kier molecular flexibility index (Phi) is 10.5. The van der Waals surface area contributed by atoms with Gasteiger partial charge in [-0.1, -0.05) is 12.1 Å². The Balaban J connectivity index is 1.85. The first kappa shape index (κ1) is 32.9. The first-order valence-electron chi connectivity index (χ1n) is 12.7. The SMILES string of the molecule is COc1cc(/C=C/C(=O)O[C@@H]2C[C@@](OC(=O)CC(=O)O)(C(=O)O)C[C@@H](OC(=O)/C=C/c3ccc(O)c(O)c3)[C@@H]2O)ccc1O. The van der Waals surface area contributed by atoms with Crippen molar-refractivity contribution in [1.29, 1.82) is 0 Å². The van der Waals surface area contributed by atoms with E-state index in [2.05, 4.69) is 0 Å². The summed E-state index contributed by atoms with van der Waals surface area (Å²) in [6.07, 6.45) is -3.90. The number of carboxylic acids is 2. The molecule has 1 fully saturated rings. The van der Waals surface area contributed by atoms with Gasteiger partial charge in [0.2, 0.25) is 5.60 Å². The molecule has 15 nitrogen and oxygen atoms in total. The number of phenols is 3. The van der Waals surface area contributed by atoms with E-state index < -0.39 is 84.5 Å². The molecule has 15 heteroatoms. The van der Waals surface area contributed by atoms with Crippen molar-refractivity contribution in [3.05, 3.63) is 59.7 Å². The third-order valence-electron chi connectivity index (χ3n) is 6.38. The van der Waals surface area contributed by atoms with Gasteiger partial charge in [0.25, 0.3) is 0 Å². The van der Waals surface area contributed by atoms with Gasteiger partial charge in [-0.2, -0.15) is 0 Å². The third-order valence-corrected chi connectivity index (χ3v) is 6.38. The molecule has 234 valence electrons. The van der Waals surface area contributed by atoms with Gasteiger partial charge in [0.15, 0.2) is 23.0 Å². The van der Waals surface area contributed by atoms with Crippen LogP contribution < -0.4 is 4.74 Å². The van der Waals surface area contributed by atoms with Crippen molar-refractivity contribution < 1.29 is 73.6 Å². The molecule has 0 bridgehead atoms. The number of hydrogen-bond donors (Lipinski definition) is 6. The molecule has 6 N–H and O–H groups in total. The van der Waals surface area contributed by atoms with E-state index in [4.69, 9.17) is 24.1 Å². The standard InChI is InChI=1S/C29H28O15/c1-41-20-11-16(3-7-18(20)31)5-9-25(36)43-22-14-29(28(39)40,44-26(37)12-23(33)34)13-21(27(22)38)42-24(35)8-4-15-2-6-17(30)19(32)10-15/h2-11,21-22,27,30-32,38H,12-14H2,1H3,(H,33,34)(H,39,40)/b8-4+,9-5+/t21-,22-,27+,29-/m1/s1. The fourth-order valence-corrected chi connectivity index (χ4v) is 4.26. The van der Waals surface area contributed by atoms with Crippen LogP contribution in [0.4, 0.5) is 0 Å². The second-order valence-corrected chi connectivity index (χ2v) is 9.54. The van der Waals surface area contributed by atoms with Gasteiger partial charge in [-0.15, -0.1) is 0 Å². The first-order valence-corrected chi connectivity index (χ1v) is 12.7. The van der Waals surface area contributed by atoms with Gasteiger partial charge >= 0.3 is 29.8 Å². The van der Waals surface area contributed by atoms with E-state index in [-0.39, 0.29) is 17.1 Å². The van der Waals surface area contributed by atoms with Gasteiger partial charge in [0.1, 0.15) is 24.7 Å². The topological polar surface area (TPSA) is 244 Å². The lowest BCUT2D eigenvalue weighted by Crippen LogP contribution is -2.59. The number of ether oxygens (including phenoxy) is 4. The van der Waals surface area contributed by atoms with Gasteiger partial charge in [-0.05, 0) is 47.5 Å². The maximum absolute atomic E-state index is 12.6. The van der Waals surface area contributed by atoms with Gasteiger partial charge in [0, 0.05) is 25.0 Å². The number of rotatable bonds is 11. The van der Waals surface area contributed by atoms with Crippen LogP contribution in [0.1, 0.15) is 30.4 Å². The molecule has 1 aliphatic rings. The molecule has 44 heavy (non-hydrogen) atoms. The zero-order chi connectivity index (χ0) is 32.6. The summed E-state index contributed by atoms with van der Waals surface area (Å²) in [5.74, 6) is -7.97. The quantitative estimate of drug-likeness (QED) is 0.0686. The van der Waals surface area contributed by atoms with Crippen molar-refractivity contribution in [2.75, 3.05) is 7.11 Å². The van der Waals surface area contributed by atoms with Crippen LogP contribution in [0.25, 0.3) is 12.2 Å². The van der Waals surface area contributed by atoms with E-state index in [1.807, 2.05) is 0 Å². The summed E-state index contributed by atoms with van der Waals surface area (Å²) in [5.41, 5.74) is -1.92. The molecule has 0 radical (unpaired) electrons. The van der Waals surface area contributed by atoms with E-state index in [1.165, 1.54) is 43.5 Å². The number of aliphatic carboxylic acids is 2. The highest BCUT2D eigenvalue weighted by molar-refractivity contribution is 5.92. The van der Waals surface area contributed by atoms with E-state index in [9.17, 15) is 49.5 Å². The van der Waals surface area contributed by atoms with Crippen LogP contribution in [0.15, 0.2) is 48.6 Å². The summed E-state index contributed by atoms with van der Waals surface area (Å²) >= 11 is 0. The first-order chi connectivity index (χ1) is 20.7. The molecule has 4 atom stereocenters. The molecule has 0 spiro atoms. The summed E-state index contributed by atoms with van der Waals surface area (Å²) in [5, 5.41) is 58.6. The number of aliphatic hydroxyl groups excluding tert-OH is 1. The Hall–Kier alpha value is -5.57. The number of aromatic hydroxyl groups is 3. The Morgan fingerprint density at radius 3 is 1.82 bits per heavy atom. The molecule has 0 saturated heterocycles. The number of esters is 3. The molecule has 0 aromatic heterocycles. The number of methoxy groups -OCH3 is 1. The lowest BCUT2D eigenvalue weighted by atomic mass is 9.79. The van der Waals surface area contributed by atoms with Gasteiger partial charge in [-0.3, -0.25) is 9.59 Å². The van der Waals surface area contributed by atoms with E-state index in [1.54, 1.807) is 0 Å². The second-order valence-electron chi connectivity index (χ2n) is 9.54. The number of carbonyl (C=O) groups excluding carboxylic acids is 3. The fourth-order valence-electron chi connectivity index (χ4n) is 4.26. The molecule has 0 heterocycles. The third kappa shape index (κ3) is 8.48. The fraction of sp³-hybridized carbons (Fsp3) is 0.276. The summed E-state index contributed by atoms with van der Waals surface area (Å²) in [4.78, 5) is 60.7. The summed E-state index contributed by atoms with van der Waals surface area (Å²) in [6.45, 7) is 0. The van der Waals surface area contributed by atoms with Crippen LogP contribution in [0.3, 0.4) is 0 Å². The highest BCUT2D eigenvalue weighted by Crippen LogP contribution is 2.37. The maximum Gasteiger partial charge on any atom is 0.348 e. The Morgan fingerprint density at radius 1 is 0.818 bits per heavy atom. The van der Waals surface area contributed by atoms with Crippen molar-refractivity contribution >= 4 is 42.0 Å². The summed E-state index contributed by atoms with van der Waals surface area (Å²) in [6, 6.07) is 7.78. The summed E-state index contributed by atoms with van der Waals surface area (Å²) in [7, 11) is 1.32. The Bertz CT molecular complexity index is 1490. The van der Waals surface area contributed by atoms with Crippen molar-refractivity contribution in [2.24, 2.45) is 0 Å². The van der Waals surface area contributed by atoms with Crippen LogP contribution >= 0.6 is 0 Å². The Labute approximate surface area is 248 Å². The van der Waals surface area contributed by atoms with Gasteiger partial charge in [-0.25, -0.2) is 14.4 Å². The van der Waals surface area contributed by atoms with Crippen molar-refractivity contribution in [2.45, 2.75) is 43.2 Å². The van der Waals surface area contributed by atoms with Crippen molar-refractivity contribution in [1.82, 2.24) is 0 Å². The monoisotopic (exact) mass is 616 g/mol. The van der Waals surface area contributed by atoms with Crippen LogP contribution in [-0.4, -0.2) is 91.5 Å². The predicted molar refractivity (Wildman–Crippen MR) is 146 cm³/mol. The minimum absolute atomic E-state index is 0.110. The number of carbonyl (C=O) groups is 5. The van der Waals surface area contributed by atoms with Crippen LogP contribution in [0.2, 0.25) is 0 Å². The molecule has 1 saturated carbocycles. The zero-order valence-electron chi connectivity index (χ0n) is 23.0. The minimum atomic E-state index is -2.57. The van der Waals surface area contributed by atoms with Crippen LogP contribution in [0, 0.1) is 0 Å². The highest BCUT2D eigenvalue weighted by atomic mass is 16.6. The second kappa shape index (κ2) is 14.1. The van der Waals surface area contributed by atoms with Crippen molar-refractivity contribution in [3.63, 3.8) is 0 Å². The number of benzene rings is 2. The number of aliphatic hydroxyl groups is 1. The van der Waals surface area contributed by atoms with Crippen LogP contribution in [0.5, 0.6) is 23.0 Å². The van der Waals surface area contributed by atoms with E-state index in [0.717, 1.165) is 24.3 Å². The molecule has 0 amide bonds. The average Bonchev–Trinajstić information content (AvgIpc) is 2.95. The predicted octanol–water partition coefficient (Wildman–Crippen LogP) is 1.36. The Morgan fingerprint density at radius 2 is 1.34 bits per heavy atom.